The molecule has 0 aliphatic heterocycles. The van der Waals surface area contributed by atoms with Crippen LogP contribution in [0.5, 0.6) is 0 Å². The van der Waals surface area contributed by atoms with Gasteiger partial charge in [0.1, 0.15) is 0 Å². The van der Waals surface area contributed by atoms with Gasteiger partial charge in [-0.15, -0.1) is 10.2 Å². The molecule has 0 unspecified atom stereocenters. The van der Waals surface area contributed by atoms with Crippen LogP contribution in [0.3, 0.4) is 0 Å². The summed E-state index contributed by atoms with van der Waals surface area (Å²) < 4.78 is 5.59. The van der Waals surface area contributed by atoms with E-state index in [4.69, 9.17) is 4.52 Å². The van der Waals surface area contributed by atoms with E-state index in [2.05, 4.69) is 20.7 Å². The Balaban J connectivity index is 1.55. The summed E-state index contributed by atoms with van der Waals surface area (Å²) in [5.41, 5.74) is 0.701. The first-order valence-corrected chi connectivity index (χ1v) is 9.38. The zero-order valence-electron chi connectivity index (χ0n) is 13.3. The molecule has 2 aromatic rings. The van der Waals surface area contributed by atoms with Crippen molar-refractivity contribution in [1.29, 1.82) is 0 Å². The van der Waals surface area contributed by atoms with Crippen LogP contribution in [-0.2, 0) is 9.59 Å². The third-order valence-electron chi connectivity index (χ3n) is 3.30. The molecule has 0 aromatic carbocycles. The minimum absolute atomic E-state index is 0.0589. The third kappa shape index (κ3) is 4.12. The van der Waals surface area contributed by atoms with Crippen LogP contribution in [0.25, 0.3) is 0 Å². The van der Waals surface area contributed by atoms with E-state index in [0.717, 1.165) is 12.8 Å². The van der Waals surface area contributed by atoms with Gasteiger partial charge in [-0.3, -0.25) is 19.8 Å². The Kier molecular flexibility index (Phi) is 5.14. The summed E-state index contributed by atoms with van der Waals surface area (Å²) in [6.45, 7) is 3.61. The number of hydrogen-bond donors (Lipinski definition) is 1. The number of hydrogen-bond acceptors (Lipinski definition) is 8. The van der Waals surface area contributed by atoms with Crippen molar-refractivity contribution in [2.75, 3.05) is 16.0 Å². The van der Waals surface area contributed by atoms with E-state index < -0.39 is 0 Å². The minimum Gasteiger partial charge on any atom is -0.338 e. The van der Waals surface area contributed by atoms with E-state index >= 15 is 0 Å². The Labute approximate surface area is 147 Å². The molecule has 128 valence electrons. The predicted octanol–water partition coefficient (Wildman–Crippen LogP) is 2.47. The lowest BCUT2D eigenvalue weighted by molar-refractivity contribution is -0.118. The van der Waals surface area contributed by atoms with Crippen molar-refractivity contribution >= 4 is 45.9 Å². The molecule has 1 saturated carbocycles. The standard InChI is InChI=1S/C14H17N5O3S2/c1-3-12(21)19(9-4-5-9)13-16-17-14(24-13)23-7-10(20)15-11-6-8(2)18-22-11/h6,9H,3-5,7H2,1-2H3,(H,15,20). The summed E-state index contributed by atoms with van der Waals surface area (Å²) in [6.07, 6.45) is 2.46. The zero-order chi connectivity index (χ0) is 17.1. The van der Waals surface area contributed by atoms with Crippen molar-refractivity contribution in [3.63, 3.8) is 0 Å². The van der Waals surface area contributed by atoms with E-state index in [1.165, 1.54) is 23.1 Å². The normalized spacial score (nSPS) is 13.8. The number of amides is 2. The number of aromatic nitrogens is 3. The van der Waals surface area contributed by atoms with Crippen molar-refractivity contribution in [3.8, 4) is 0 Å². The molecular weight excluding hydrogens is 350 g/mol. The number of carbonyl (C=O) groups is 2. The van der Waals surface area contributed by atoms with Gasteiger partial charge < -0.3 is 4.52 Å². The Morgan fingerprint density at radius 3 is 2.88 bits per heavy atom. The van der Waals surface area contributed by atoms with Crippen LogP contribution < -0.4 is 10.2 Å². The van der Waals surface area contributed by atoms with Crippen LogP contribution in [0.1, 0.15) is 31.9 Å². The Hall–Kier alpha value is -1.94. The maximum absolute atomic E-state index is 12.1. The van der Waals surface area contributed by atoms with Crippen LogP contribution in [0.15, 0.2) is 14.9 Å². The first-order chi connectivity index (χ1) is 11.6. The van der Waals surface area contributed by atoms with Crippen molar-refractivity contribution in [2.24, 2.45) is 0 Å². The molecule has 3 rings (SSSR count). The van der Waals surface area contributed by atoms with E-state index in [1.807, 2.05) is 6.92 Å². The quantitative estimate of drug-likeness (QED) is 0.592. The summed E-state index contributed by atoms with van der Waals surface area (Å²) in [4.78, 5) is 25.7. The van der Waals surface area contributed by atoms with E-state index in [-0.39, 0.29) is 23.6 Å². The largest absolute Gasteiger partial charge is 0.338 e. The molecule has 1 fully saturated rings. The highest BCUT2D eigenvalue weighted by molar-refractivity contribution is 8.01. The molecule has 0 radical (unpaired) electrons. The smallest absolute Gasteiger partial charge is 0.237 e. The van der Waals surface area contributed by atoms with Gasteiger partial charge in [0.05, 0.1) is 11.4 Å². The molecule has 8 nitrogen and oxygen atoms in total. The lowest BCUT2D eigenvalue weighted by Crippen LogP contribution is -2.32. The van der Waals surface area contributed by atoms with Crippen LogP contribution >= 0.6 is 23.1 Å². The van der Waals surface area contributed by atoms with Gasteiger partial charge in [-0.05, 0) is 19.8 Å². The van der Waals surface area contributed by atoms with Crippen molar-refractivity contribution in [3.05, 3.63) is 11.8 Å². The van der Waals surface area contributed by atoms with Gasteiger partial charge in [-0.25, -0.2) is 0 Å². The molecule has 0 bridgehead atoms. The van der Waals surface area contributed by atoms with Crippen molar-refractivity contribution in [1.82, 2.24) is 15.4 Å². The average Bonchev–Trinajstić information content (AvgIpc) is 3.13. The van der Waals surface area contributed by atoms with Gasteiger partial charge in [-0.1, -0.05) is 35.2 Å². The minimum atomic E-state index is -0.211. The highest BCUT2D eigenvalue weighted by atomic mass is 32.2. The van der Waals surface area contributed by atoms with E-state index in [1.54, 1.807) is 17.9 Å². The van der Waals surface area contributed by atoms with Gasteiger partial charge >= 0.3 is 0 Å². The monoisotopic (exact) mass is 367 g/mol. The highest BCUT2D eigenvalue weighted by Gasteiger charge is 2.35. The van der Waals surface area contributed by atoms with E-state index in [9.17, 15) is 9.59 Å². The number of thioether (sulfide) groups is 1. The van der Waals surface area contributed by atoms with Gasteiger partial charge in [0, 0.05) is 18.5 Å². The maximum Gasteiger partial charge on any atom is 0.237 e. The summed E-state index contributed by atoms with van der Waals surface area (Å²) in [7, 11) is 0. The fourth-order valence-corrected chi connectivity index (χ4v) is 3.78. The molecule has 1 aliphatic rings. The van der Waals surface area contributed by atoms with Crippen LogP contribution in [-0.4, -0.2) is 39.0 Å². The molecular formula is C14H17N5O3S2. The van der Waals surface area contributed by atoms with Crippen LogP contribution in [0.4, 0.5) is 11.0 Å². The fraction of sp³-hybridized carbons (Fsp3) is 0.500. The third-order valence-corrected chi connectivity index (χ3v) is 5.36. The predicted molar refractivity (Wildman–Crippen MR) is 91.3 cm³/mol. The lowest BCUT2D eigenvalue weighted by Gasteiger charge is -2.17. The summed E-state index contributed by atoms with van der Waals surface area (Å²) in [5.74, 6) is 0.351. The zero-order valence-corrected chi connectivity index (χ0v) is 14.9. The number of rotatable bonds is 7. The Morgan fingerprint density at radius 2 is 2.25 bits per heavy atom. The first kappa shape index (κ1) is 16.9. The molecule has 2 amide bonds. The van der Waals surface area contributed by atoms with Gasteiger partial charge in [0.2, 0.25) is 22.8 Å². The van der Waals surface area contributed by atoms with Crippen LogP contribution in [0.2, 0.25) is 0 Å². The molecule has 24 heavy (non-hydrogen) atoms. The van der Waals surface area contributed by atoms with Crippen molar-refractivity contribution < 1.29 is 14.1 Å². The Bertz CT molecular complexity index is 740. The van der Waals surface area contributed by atoms with E-state index in [0.29, 0.717) is 27.5 Å². The molecule has 2 heterocycles. The average molecular weight is 367 g/mol. The van der Waals surface area contributed by atoms with Gasteiger partial charge in [0.25, 0.3) is 0 Å². The molecule has 10 heteroatoms. The number of nitrogens with zero attached hydrogens (tertiary/aromatic N) is 4. The fourth-order valence-electron chi connectivity index (χ4n) is 2.05. The number of nitrogens with one attached hydrogen (secondary N) is 1. The lowest BCUT2D eigenvalue weighted by atomic mass is 10.4. The molecule has 0 saturated heterocycles. The highest BCUT2D eigenvalue weighted by Crippen LogP contribution is 2.36. The second-order valence-electron chi connectivity index (χ2n) is 5.37. The van der Waals surface area contributed by atoms with Gasteiger partial charge in [0.15, 0.2) is 4.34 Å². The second-order valence-corrected chi connectivity index (χ2v) is 7.55. The SMILES string of the molecule is CCC(=O)N(c1nnc(SCC(=O)Nc2cc(C)no2)s1)C1CC1. The van der Waals surface area contributed by atoms with Gasteiger partial charge in [-0.2, -0.15) is 0 Å². The first-order valence-electron chi connectivity index (χ1n) is 7.58. The number of anilines is 2. The maximum atomic E-state index is 12.1. The molecule has 1 aliphatic carbocycles. The molecule has 2 aromatic heterocycles. The molecule has 1 N–H and O–H groups in total. The number of carbonyl (C=O) groups excluding carboxylic acids is 2. The summed E-state index contributed by atoms with van der Waals surface area (Å²) in [6, 6.07) is 1.90. The molecule has 0 atom stereocenters. The summed E-state index contributed by atoms with van der Waals surface area (Å²) >= 11 is 2.61. The summed E-state index contributed by atoms with van der Waals surface area (Å²) in [5, 5.41) is 15.1. The number of aryl methyl sites for hydroxylation is 1. The van der Waals surface area contributed by atoms with Crippen LogP contribution in [0, 0.1) is 6.92 Å². The second kappa shape index (κ2) is 7.31. The topological polar surface area (TPSA) is 101 Å². The Morgan fingerprint density at radius 1 is 1.46 bits per heavy atom. The molecule has 0 spiro atoms. The van der Waals surface area contributed by atoms with Crippen molar-refractivity contribution in [2.45, 2.75) is 43.5 Å².